The Morgan fingerprint density at radius 2 is 1.36 bits per heavy atom. The van der Waals surface area contributed by atoms with E-state index < -0.39 is 16.0 Å². The Kier molecular flexibility index (Phi) is 14.1. The van der Waals surface area contributed by atoms with Crippen LogP contribution >= 0.6 is 55.1 Å². The van der Waals surface area contributed by atoms with E-state index in [1.165, 1.54) is 17.1 Å². The predicted molar refractivity (Wildman–Crippen MR) is 236 cm³/mol. The normalized spacial score (nSPS) is 13.1. The number of nitro groups is 2. The Morgan fingerprint density at radius 3 is 1.89 bits per heavy atom. The molecule has 0 radical (unpaired) electrons. The van der Waals surface area contributed by atoms with Crippen molar-refractivity contribution in [2.45, 2.75) is 26.6 Å². The largest absolute Gasteiger partial charge is 0.497 e. The summed E-state index contributed by atoms with van der Waals surface area (Å²) in [7, 11) is 1.58. The smallest absolute Gasteiger partial charge is 0.334 e. The molecule has 7 rings (SSSR count). The van der Waals surface area contributed by atoms with Gasteiger partial charge in [0, 0.05) is 23.5 Å². The highest BCUT2D eigenvalue weighted by molar-refractivity contribution is 9.10. The van der Waals surface area contributed by atoms with Crippen LogP contribution in [0.1, 0.15) is 50.0 Å². The van der Waals surface area contributed by atoms with E-state index in [4.69, 9.17) is 27.9 Å². The van der Waals surface area contributed by atoms with E-state index in [9.17, 15) is 29.8 Å². The lowest BCUT2D eigenvalue weighted by Gasteiger charge is -2.16. The van der Waals surface area contributed by atoms with Gasteiger partial charge in [-0.15, -0.1) is 5.10 Å². The van der Waals surface area contributed by atoms with E-state index in [-0.39, 0.29) is 50.5 Å². The molecule has 0 aliphatic carbocycles. The number of carbonyl (C=O) groups excluding carboxylic acids is 2. The molecule has 4 heterocycles. The SMILES string of the molecule is CC1=C([N+](=O)[O-])C(Nc2cc(Br)ncc2C(=O)c2ccccc2Cl)NN1.COc1ccc(Cn2nc(Nc3cc(Br)ncc3C(=O)c3ccccc3Cl)c([N+](=O)[O-])c2C)cc1. The maximum absolute atomic E-state index is 13.2. The second-order valence-electron chi connectivity index (χ2n) is 13.0. The van der Waals surface area contributed by atoms with Gasteiger partial charge in [0.15, 0.2) is 17.7 Å². The monoisotopic (exact) mass is 992 g/mol. The number of ether oxygens (including phenoxy) is 1. The number of ketones is 2. The van der Waals surface area contributed by atoms with Gasteiger partial charge in [-0.2, -0.15) is 0 Å². The van der Waals surface area contributed by atoms with Gasteiger partial charge in [-0.3, -0.25) is 34.5 Å². The zero-order valence-corrected chi connectivity index (χ0v) is 36.8. The molecule has 312 valence electrons. The van der Waals surface area contributed by atoms with Crippen LogP contribution in [0, 0.1) is 27.2 Å². The number of hydrazine groups is 1. The van der Waals surface area contributed by atoms with Crippen LogP contribution < -0.4 is 26.2 Å². The van der Waals surface area contributed by atoms with Crippen molar-refractivity contribution in [2.24, 2.45) is 0 Å². The van der Waals surface area contributed by atoms with Crippen LogP contribution in [0.4, 0.5) is 22.9 Å². The zero-order chi connectivity index (χ0) is 44.0. The number of benzene rings is 3. The average Bonchev–Trinajstić information content (AvgIpc) is 3.75. The summed E-state index contributed by atoms with van der Waals surface area (Å²) in [6.45, 7) is 3.52. The summed E-state index contributed by atoms with van der Waals surface area (Å²) >= 11 is 18.9. The number of nitrogens with zero attached hydrogens (tertiary/aromatic N) is 6. The van der Waals surface area contributed by atoms with Gasteiger partial charge in [0.2, 0.25) is 5.82 Å². The molecule has 0 saturated carbocycles. The van der Waals surface area contributed by atoms with Crippen LogP contribution in [0.3, 0.4) is 0 Å². The molecule has 0 fully saturated rings. The van der Waals surface area contributed by atoms with Crippen molar-refractivity contribution >= 4 is 89.5 Å². The number of methoxy groups -OCH3 is 1. The van der Waals surface area contributed by atoms with Gasteiger partial charge >= 0.3 is 11.4 Å². The van der Waals surface area contributed by atoms with Crippen molar-refractivity contribution in [1.82, 2.24) is 30.6 Å². The average molecular weight is 995 g/mol. The Bertz CT molecular complexity index is 2720. The number of hydrogen-bond acceptors (Lipinski definition) is 14. The van der Waals surface area contributed by atoms with Crippen molar-refractivity contribution in [3.8, 4) is 5.75 Å². The van der Waals surface area contributed by atoms with Crippen LogP contribution in [0.25, 0.3) is 0 Å². The van der Waals surface area contributed by atoms with Crippen molar-refractivity contribution in [2.75, 3.05) is 17.7 Å². The van der Waals surface area contributed by atoms with E-state index in [0.717, 1.165) is 5.56 Å². The summed E-state index contributed by atoms with van der Waals surface area (Å²) in [6, 6.07) is 23.8. The lowest BCUT2D eigenvalue weighted by atomic mass is 10.0. The van der Waals surface area contributed by atoms with Crippen molar-refractivity contribution in [3.63, 3.8) is 0 Å². The molecule has 1 aliphatic rings. The Morgan fingerprint density at radius 1 is 0.820 bits per heavy atom. The van der Waals surface area contributed by atoms with Gasteiger partial charge < -0.3 is 20.8 Å². The minimum absolute atomic E-state index is 0.00678. The number of aromatic nitrogens is 4. The van der Waals surface area contributed by atoms with Gasteiger partial charge in [0.05, 0.1) is 56.0 Å². The molecule has 3 aromatic heterocycles. The molecule has 6 aromatic rings. The van der Waals surface area contributed by atoms with Crippen molar-refractivity contribution < 1.29 is 24.2 Å². The molecule has 1 aliphatic heterocycles. The topological polar surface area (TPSA) is 221 Å². The maximum Gasteiger partial charge on any atom is 0.334 e. The molecular formula is C40H32Br2Cl2N10O7. The lowest BCUT2D eigenvalue weighted by molar-refractivity contribution is -0.429. The number of pyridine rings is 2. The summed E-state index contributed by atoms with van der Waals surface area (Å²) in [4.78, 5) is 56.6. The second kappa shape index (κ2) is 19.4. The number of halogens is 4. The molecule has 17 nitrogen and oxygen atoms in total. The van der Waals surface area contributed by atoms with Gasteiger partial charge in [-0.1, -0.05) is 59.6 Å². The first-order valence-corrected chi connectivity index (χ1v) is 20.2. The number of anilines is 3. The molecule has 21 heteroatoms. The molecule has 61 heavy (non-hydrogen) atoms. The third-order valence-electron chi connectivity index (χ3n) is 9.13. The van der Waals surface area contributed by atoms with Gasteiger partial charge in [-0.25, -0.2) is 15.4 Å². The number of allylic oxidation sites excluding steroid dienone is 1. The Hall–Kier alpha value is -6.25. The third-order valence-corrected chi connectivity index (χ3v) is 10.7. The number of carbonyl (C=O) groups is 2. The highest BCUT2D eigenvalue weighted by Gasteiger charge is 2.34. The van der Waals surface area contributed by atoms with Gasteiger partial charge in [-0.05, 0) is 99.8 Å². The maximum atomic E-state index is 13.2. The molecule has 3 aromatic carbocycles. The van der Waals surface area contributed by atoms with E-state index in [2.05, 4.69) is 68.4 Å². The molecule has 4 N–H and O–H groups in total. The summed E-state index contributed by atoms with van der Waals surface area (Å²) in [6.07, 6.45) is 1.95. The highest BCUT2D eigenvalue weighted by Crippen LogP contribution is 2.34. The summed E-state index contributed by atoms with van der Waals surface area (Å²) in [5, 5.41) is 34.2. The fourth-order valence-electron chi connectivity index (χ4n) is 6.08. The first-order valence-electron chi connectivity index (χ1n) is 17.8. The van der Waals surface area contributed by atoms with Crippen LogP contribution in [0.15, 0.2) is 118 Å². The second-order valence-corrected chi connectivity index (χ2v) is 15.4. The van der Waals surface area contributed by atoms with E-state index >= 15 is 0 Å². The van der Waals surface area contributed by atoms with Gasteiger partial charge in [0.25, 0.3) is 0 Å². The molecule has 0 spiro atoms. The van der Waals surface area contributed by atoms with E-state index in [1.54, 1.807) is 81.6 Å². The van der Waals surface area contributed by atoms with Crippen LogP contribution in [0.5, 0.6) is 5.75 Å². The third kappa shape index (κ3) is 10.2. The fourth-order valence-corrected chi connectivity index (χ4v) is 7.19. The minimum atomic E-state index is -0.822. The number of nitrogens with one attached hydrogen (secondary N) is 4. The van der Waals surface area contributed by atoms with Crippen LogP contribution in [-0.4, -0.2) is 54.4 Å². The first-order chi connectivity index (χ1) is 29.2. The Balaban J connectivity index is 0.000000213. The standard InChI is InChI=1S/C24H19BrClN5O4.C16H13BrClN5O3/c1-14-22(31(33)34)24(29-30(14)13-15-7-9-16(35-2)10-8-15)28-20-11-21(25)27-12-18(20)23(32)17-5-3-4-6-19(17)26;1-8-14(23(25)26)16(22-21-8)20-12-6-13(17)19-7-10(12)15(24)9-4-2-3-5-11(9)18/h3-12H,13H2,1-2H3,(H,27,28,29);2-7,16,21-22H,1H3,(H,19,20). The lowest BCUT2D eigenvalue weighted by Crippen LogP contribution is -2.40. The summed E-state index contributed by atoms with van der Waals surface area (Å²) < 4.78 is 7.63. The van der Waals surface area contributed by atoms with E-state index in [0.29, 0.717) is 54.9 Å². The molecule has 0 bridgehead atoms. The van der Waals surface area contributed by atoms with Crippen LogP contribution in [-0.2, 0) is 6.54 Å². The number of rotatable bonds is 13. The molecule has 1 unspecified atom stereocenters. The molecule has 1 atom stereocenters. The van der Waals surface area contributed by atoms with Crippen molar-refractivity contribution in [3.05, 3.63) is 182 Å². The molecule has 0 saturated heterocycles. The first kappa shape index (κ1) is 44.3. The van der Waals surface area contributed by atoms with Crippen LogP contribution in [0.2, 0.25) is 10.0 Å². The molecular weight excluding hydrogens is 963 g/mol. The van der Waals surface area contributed by atoms with E-state index in [1.807, 2.05) is 24.3 Å². The quantitative estimate of drug-likeness (QED) is 0.0367. The summed E-state index contributed by atoms with van der Waals surface area (Å²) in [5.74, 6) is -0.00637. The highest BCUT2D eigenvalue weighted by atomic mass is 79.9. The predicted octanol–water partition coefficient (Wildman–Crippen LogP) is 9.02. The van der Waals surface area contributed by atoms with Gasteiger partial charge in [0.1, 0.15) is 26.3 Å². The summed E-state index contributed by atoms with van der Waals surface area (Å²) in [5.41, 5.74) is 8.60. The fraction of sp³-hybridized carbons (Fsp3) is 0.125. The minimum Gasteiger partial charge on any atom is -0.497 e. The van der Waals surface area contributed by atoms with Crippen molar-refractivity contribution in [1.29, 1.82) is 0 Å². The Labute approximate surface area is 374 Å². The zero-order valence-electron chi connectivity index (χ0n) is 32.1. The molecule has 0 amide bonds. The number of hydrogen-bond donors (Lipinski definition) is 4.